The lowest BCUT2D eigenvalue weighted by atomic mass is 9.92. The fourth-order valence-electron chi connectivity index (χ4n) is 4.17. The Morgan fingerprint density at radius 3 is 1.50 bits per heavy atom. The quantitative estimate of drug-likeness (QED) is 0.634. The van der Waals surface area contributed by atoms with E-state index in [0.717, 1.165) is 22.6 Å². The van der Waals surface area contributed by atoms with Gasteiger partial charge in [0, 0.05) is 12.8 Å². The third kappa shape index (κ3) is 6.73. The number of amides is 2. The highest BCUT2D eigenvalue weighted by Crippen LogP contribution is 2.28. The minimum atomic E-state index is -0.236. The third-order valence-electron chi connectivity index (χ3n) is 6.08. The summed E-state index contributed by atoms with van der Waals surface area (Å²) in [5, 5.41) is 6.32. The van der Waals surface area contributed by atoms with Crippen molar-refractivity contribution in [3.05, 3.63) is 84.0 Å². The average Bonchev–Trinajstić information content (AvgIpc) is 2.85. The molecule has 1 heterocycles. The van der Waals surface area contributed by atoms with Crippen molar-refractivity contribution in [2.75, 3.05) is 14.2 Å². The van der Waals surface area contributed by atoms with Crippen LogP contribution >= 0.6 is 0 Å². The Morgan fingerprint density at radius 1 is 0.706 bits per heavy atom. The molecule has 0 saturated carbocycles. The van der Waals surface area contributed by atoms with E-state index in [-0.39, 0.29) is 48.6 Å². The molecule has 1 aliphatic heterocycles. The van der Waals surface area contributed by atoms with Gasteiger partial charge >= 0.3 is 0 Å². The van der Waals surface area contributed by atoms with Crippen molar-refractivity contribution in [3.63, 3.8) is 0 Å². The van der Waals surface area contributed by atoms with E-state index in [9.17, 15) is 9.59 Å². The van der Waals surface area contributed by atoms with Gasteiger partial charge in [0.1, 0.15) is 11.5 Å². The van der Waals surface area contributed by atoms with E-state index in [1.165, 1.54) is 0 Å². The number of ether oxygens (including phenoxy) is 2. The van der Waals surface area contributed by atoms with Gasteiger partial charge in [-0.1, -0.05) is 62.4 Å². The number of hydrogen-bond acceptors (Lipinski definition) is 4. The van der Waals surface area contributed by atoms with Crippen LogP contribution in [0.3, 0.4) is 0 Å². The van der Waals surface area contributed by atoms with Crippen LogP contribution in [0.2, 0.25) is 0 Å². The molecule has 0 spiro atoms. The van der Waals surface area contributed by atoms with E-state index in [0.29, 0.717) is 0 Å². The Balaban J connectivity index is 1.86. The maximum Gasteiger partial charge on any atom is 0.224 e. The molecule has 2 N–H and O–H groups in total. The van der Waals surface area contributed by atoms with Crippen LogP contribution in [-0.4, -0.2) is 26.0 Å². The number of benzene rings is 2. The van der Waals surface area contributed by atoms with Crippen LogP contribution in [0.1, 0.15) is 49.9 Å². The van der Waals surface area contributed by atoms with Gasteiger partial charge < -0.3 is 20.1 Å². The van der Waals surface area contributed by atoms with Gasteiger partial charge in [-0.25, -0.2) is 0 Å². The lowest BCUT2D eigenvalue weighted by Gasteiger charge is -2.25. The fourth-order valence-corrected chi connectivity index (χ4v) is 4.17. The van der Waals surface area contributed by atoms with Crippen molar-refractivity contribution in [2.24, 2.45) is 11.8 Å². The van der Waals surface area contributed by atoms with Gasteiger partial charge in [0.05, 0.1) is 26.3 Å². The minimum Gasteiger partial charge on any atom is -0.497 e. The SMILES string of the molecule is COc1cccc([C@H]2NC(=O)C/C=C/[C@@H](C)[C@@H](c3cccc(OC)c3)NC(=O)C/C=C/[C@H]2C)c1. The van der Waals surface area contributed by atoms with Crippen molar-refractivity contribution in [1.29, 1.82) is 0 Å². The Labute approximate surface area is 202 Å². The lowest BCUT2D eigenvalue weighted by molar-refractivity contribution is -0.122. The molecule has 34 heavy (non-hydrogen) atoms. The molecule has 6 heteroatoms. The van der Waals surface area contributed by atoms with Crippen LogP contribution < -0.4 is 20.1 Å². The third-order valence-corrected chi connectivity index (χ3v) is 6.08. The normalized spacial score (nSPS) is 25.9. The van der Waals surface area contributed by atoms with E-state index in [4.69, 9.17) is 9.47 Å². The summed E-state index contributed by atoms with van der Waals surface area (Å²) in [6.07, 6.45) is 8.20. The van der Waals surface area contributed by atoms with Crippen molar-refractivity contribution < 1.29 is 19.1 Å². The first-order valence-corrected chi connectivity index (χ1v) is 11.6. The van der Waals surface area contributed by atoms with Gasteiger partial charge in [-0.2, -0.15) is 0 Å². The molecule has 0 unspecified atom stereocenters. The van der Waals surface area contributed by atoms with Crippen molar-refractivity contribution in [1.82, 2.24) is 10.6 Å². The van der Waals surface area contributed by atoms with E-state index in [1.54, 1.807) is 14.2 Å². The predicted molar refractivity (Wildman–Crippen MR) is 134 cm³/mol. The highest BCUT2D eigenvalue weighted by atomic mass is 16.5. The van der Waals surface area contributed by atoms with E-state index in [1.807, 2.05) is 86.7 Å². The maximum absolute atomic E-state index is 12.8. The molecular weight excluding hydrogens is 428 g/mol. The Bertz CT molecular complexity index is 963. The van der Waals surface area contributed by atoms with Crippen LogP contribution in [-0.2, 0) is 9.59 Å². The van der Waals surface area contributed by atoms with Gasteiger partial charge in [0.15, 0.2) is 0 Å². The number of methoxy groups -OCH3 is 2. The van der Waals surface area contributed by atoms with Gasteiger partial charge in [0.2, 0.25) is 11.8 Å². The second kappa shape index (κ2) is 12.1. The monoisotopic (exact) mass is 462 g/mol. The first-order valence-electron chi connectivity index (χ1n) is 11.6. The van der Waals surface area contributed by atoms with Gasteiger partial charge in [0.25, 0.3) is 0 Å². The molecule has 0 bridgehead atoms. The topological polar surface area (TPSA) is 76.7 Å². The molecule has 0 fully saturated rings. The largest absolute Gasteiger partial charge is 0.497 e. The summed E-state index contributed by atoms with van der Waals surface area (Å²) in [5.74, 6) is 1.30. The molecule has 0 aromatic heterocycles. The average molecular weight is 463 g/mol. The van der Waals surface area contributed by atoms with Crippen molar-refractivity contribution >= 4 is 11.8 Å². The molecule has 2 amide bonds. The minimum absolute atomic E-state index is 0.0242. The van der Waals surface area contributed by atoms with Gasteiger partial charge in [-0.05, 0) is 47.2 Å². The summed E-state index contributed by atoms with van der Waals surface area (Å²) < 4.78 is 10.7. The molecule has 2 aromatic rings. The van der Waals surface area contributed by atoms with Crippen LogP contribution in [0, 0.1) is 11.8 Å². The summed E-state index contributed by atoms with van der Waals surface area (Å²) in [6.45, 7) is 4.06. The molecule has 1 aliphatic rings. The van der Waals surface area contributed by atoms with Gasteiger partial charge in [-0.3, -0.25) is 9.59 Å². The fraction of sp³-hybridized carbons (Fsp3) is 0.357. The standard InChI is InChI=1S/C28H34N2O4/c1-19-9-5-15-26(32)30-28(22-12-8-14-24(18-22)34-4)20(2)10-6-16-25(31)29-27(19)21-11-7-13-23(17-21)33-3/h5-14,17-20,27-28H,15-16H2,1-4H3,(H,29,31)(H,30,32)/b9-5+,10-6+/t19-,20-,27+,28+/m1/s1. The molecule has 6 nitrogen and oxygen atoms in total. The summed E-state index contributed by atoms with van der Waals surface area (Å²) in [4.78, 5) is 25.7. The highest BCUT2D eigenvalue weighted by Gasteiger charge is 2.23. The second-order valence-corrected chi connectivity index (χ2v) is 8.63. The predicted octanol–water partition coefficient (Wildman–Crippen LogP) is 4.90. The molecule has 3 rings (SSSR count). The molecular formula is C28H34N2O4. The summed E-state index contributed by atoms with van der Waals surface area (Å²) in [7, 11) is 3.25. The molecule has 0 radical (unpaired) electrons. The number of rotatable bonds is 4. The Hall–Kier alpha value is -3.54. The maximum atomic E-state index is 12.8. The zero-order valence-corrected chi connectivity index (χ0v) is 20.3. The van der Waals surface area contributed by atoms with E-state index >= 15 is 0 Å². The van der Waals surface area contributed by atoms with Crippen molar-refractivity contribution in [3.8, 4) is 11.5 Å². The number of carbonyl (C=O) groups excluding carboxylic acids is 2. The van der Waals surface area contributed by atoms with Crippen LogP contribution in [0.4, 0.5) is 0 Å². The zero-order valence-electron chi connectivity index (χ0n) is 20.3. The molecule has 4 atom stereocenters. The number of carbonyl (C=O) groups is 2. The second-order valence-electron chi connectivity index (χ2n) is 8.63. The zero-order chi connectivity index (χ0) is 24.5. The summed E-state index contributed by atoms with van der Waals surface area (Å²) >= 11 is 0. The smallest absolute Gasteiger partial charge is 0.224 e. The Kier molecular flexibility index (Phi) is 8.91. The van der Waals surface area contributed by atoms with E-state index in [2.05, 4.69) is 10.6 Å². The summed E-state index contributed by atoms with van der Waals surface area (Å²) in [6, 6.07) is 14.9. The summed E-state index contributed by atoms with van der Waals surface area (Å²) in [5.41, 5.74) is 1.91. The van der Waals surface area contributed by atoms with Crippen LogP contribution in [0.5, 0.6) is 11.5 Å². The molecule has 0 aliphatic carbocycles. The highest BCUT2D eigenvalue weighted by molar-refractivity contribution is 5.79. The number of nitrogens with one attached hydrogen (secondary N) is 2. The van der Waals surface area contributed by atoms with Crippen LogP contribution in [0.15, 0.2) is 72.8 Å². The lowest BCUT2D eigenvalue weighted by Crippen LogP contribution is -2.33. The molecule has 2 aromatic carbocycles. The van der Waals surface area contributed by atoms with Crippen molar-refractivity contribution in [2.45, 2.75) is 38.8 Å². The van der Waals surface area contributed by atoms with Gasteiger partial charge in [-0.15, -0.1) is 0 Å². The van der Waals surface area contributed by atoms with E-state index < -0.39 is 0 Å². The van der Waals surface area contributed by atoms with Crippen LogP contribution in [0.25, 0.3) is 0 Å². The number of hydrogen-bond donors (Lipinski definition) is 2. The Morgan fingerprint density at radius 2 is 1.12 bits per heavy atom. The first-order chi connectivity index (χ1) is 16.4. The molecule has 180 valence electrons. The first kappa shape index (κ1) is 25.1. The molecule has 0 saturated heterocycles.